The Labute approximate surface area is 151 Å². The van der Waals surface area contributed by atoms with Crippen LogP contribution >= 0.6 is 0 Å². The van der Waals surface area contributed by atoms with Gasteiger partial charge in [-0.2, -0.15) is 0 Å². The second kappa shape index (κ2) is 11.9. The molecule has 1 rings (SSSR count). The first kappa shape index (κ1) is 21.5. The predicted octanol–water partition coefficient (Wildman–Crippen LogP) is 1.35. The van der Waals surface area contributed by atoms with E-state index in [1.165, 1.54) is 6.42 Å². The van der Waals surface area contributed by atoms with Gasteiger partial charge in [-0.05, 0) is 46.6 Å². The van der Waals surface area contributed by atoms with Crippen molar-refractivity contribution in [1.29, 1.82) is 0 Å². The molecule has 0 aromatic heterocycles. The van der Waals surface area contributed by atoms with Crippen molar-refractivity contribution in [2.75, 3.05) is 26.7 Å². The first-order valence-corrected chi connectivity index (χ1v) is 9.25. The van der Waals surface area contributed by atoms with Crippen molar-refractivity contribution in [2.45, 2.75) is 70.4 Å². The predicted molar refractivity (Wildman–Crippen MR) is 99.0 cm³/mol. The Hall–Kier alpha value is -1.58. The Balaban J connectivity index is 2.10. The van der Waals surface area contributed by atoms with Crippen molar-refractivity contribution in [3.8, 4) is 11.8 Å². The highest BCUT2D eigenvalue weighted by atomic mass is 16.5. The van der Waals surface area contributed by atoms with Gasteiger partial charge in [0.1, 0.15) is 12.7 Å². The summed E-state index contributed by atoms with van der Waals surface area (Å²) in [5, 5.41) is 8.77. The molecule has 0 aromatic rings. The van der Waals surface area contributed by atoms with Gasteiger partial charge >= 0.3 is 0 Å². The first-order chi connectivity index (χ1) is 11.9. The zero-order valence-corrected chi connectivity index (χ0v) is 15.9. The lowest BCUT2D eigenvalue weighted by Crippen LogP contribution is -2.40. The van der Waals surface area contributed by atoms with Gasteiger partial charge in [0.25, 0.3) is 0 Å². The molecule has 0 saturated carbocycles. The molecule has 0 aromatic carbocycles. The molecule has 1 atom stereocenters. The van der Waals surface area contributed by atoms with Gasteiger partial charge in [0.05, 0.1) is 0 Å². The van der Waals surface area contributed by atoms with Crippen molar-refractivity contribution in [3.63, 3.8) is 0 Å². The van der Waals surface area contributed by atoms with E-state index in [-0.39, 0.29) is 36.5 Å². The third kappa shape index (κ3) is 10.8. The number of hydrogen-bond donors (Lipinski definition) is 3. The molecule has 0 bridgehead atoms. The lowest BCUT2D eigenvalue weighted by atomic mass is 10.0. The minimum atomic E-state index is -0.201. The van der Waals surface area contributed by atoms with E-state index in [9.17, 15) is 9.59 Å². The molecular weight excluding hydrogens is 318 g/mol. The monoisotopic (exact) mass is 351 g/mol. The molecule has 3 N–H and O–H groups in total. The first-order valence-electron chi connectivity index (χ1n) is 9.25. The zero-order chi connectivity index (χ0) is 18.5. The largest absolute Gasteiger partial charge is 0.356 e. The van der Waals surface area contributed by atoms with Crippen LogP contribution in [0.1, 0.15) is 58.8 Å². The van der Waals surface area contributed by atoms with E-state index < -0.39 is 0 Å². The van der Waals surface area contributed by atoms with Crippen LogP contribution in [0.25, 0.3) is 0 Å². The average molecular weight is 351 g/mol. The molecule has 142 valence electrons. The van der Waals surface area contributed by atoms with Crippen LogP contribution in [-0.2, 0) is 14.3 Å². The van der Waals surface area contributed by atoms with Gasteiger partial charge in [0.2, 0.25) is 11.8 Å². The van der Waals surface area contributed by atoms with Crippen LogP contribution in [0.3, 0.4) is 0 Å². The van der Waals surface area contributed by atoms with E-state index >= 15 is 0 Å². The van der Waals surface area contributed by atoms with Crippen molar-refractivity contribution in [3.05, 3.63) is 0 Å². The molecule has 0 spiro atoms. The topological polar surface area (TPSA) is 79.5 Å². The van der Waals surface area contributed by atoms with Crippen LogP contribution < -0.4 is 16.0 Å². The maximum Gasteiger partial charge on any atom is 0.246 e. The summed E-state index contributed by atoms with van der Waals surface area (Å²) in [6.07, 6.45) is 6.16. The number of hydrogen-bond acceptors (Lipinski definition) is 4. The fourth-order valence-corrected chi connectivity index (χ4v) is 2.37. The number of carbonyl (C=O) groups is 2. The van der Waals surface area contributed by atoms with E-state index in [0.717, 1.165) is 32.1 Å². The second-order valence-electron chi connectivity index (χ2n) is 7.05. The number of carbonyl (C=O) groups excluding carboxylic acids is 2. The Bertz CT molecular complexity index is 480. The molecule has 0 saturated heterocycles. The molecule has 1 aliphatic carbocycles. The van der Waals surface area contributed by atoms with Gasteiger partial charge in [-0.3, -0.25) is 9.59 Å². The molecule has 0 radical (unpaired) electrons. The van der Waals surface area contributed by atoms with E-state index in [4.69, 9.17) is 4.74 Å². The zero-order valence-electron chi connectivity index (χ0n) is 15.9. The summed E-state index contributed by atoms with van der Waals surface area (Å²) in [7, 11) is 1.90. The maximum absolute atomic E-state index is 11.8. The molecule has 1 unspecified atom stereocenters. The van der Waals surface area contributed by atoms with Crippen molar-refractivity contribution >= 4 is 11.8 Å². The minimum absolute atomic E-state index is 0.00125. The van der Waals surface area contributed by atoms with E-state index in [1.807, 2.05) is 7.05 Å². The van der Waals surface area contributed by atoms with Crippen LogP contribution in [0.2, 0.25) is 0 Å². The standard InChI is InChI=1S/C19H33N3O3/c1-19(2,20-3)12-14-22-17(23)11-13-21-18(24)15-25-16-9-7-5-4-6-8-10-16/h16,20H,4-7,9,11-15H2,1-3H3,(H,21,24)(H,22,23). The lowest BCUT2D eigenvalue weighted by Gasteiger charge is -2.23. The molecular formula is C19H33N3O3. The molecule has 6 nitrogen and oxygen atoms in total. The maximum atomic E-state index is 11.8. The van der Waals surface area contributed by atoms with Crippen LogP contribution in [0.15, 0.2) is 0 Å². The van der Waals surface area contributed by atoms with E-state index in [0.29, 0.717) is 13.1 Å². The molecule has 25 heavy (non-hydrogen) atoms. The normalized spacial score (nSPS) is 17.6. The summed E-state index contributed by atoms with van der Waals surface area (Å²) in [6, 6.07) is 0. The highest BCUT2D eigenvalue weighted by molar-refractivity contribution is 5.79. The summed E-state index contributed by atoms with van der Waals surface area (Å²) >= 11 is 0. The number of ether oxygens (including phenoxy) is 1. The fraction of sp³-hybridized carbons (Fsp3) is 0.789. The van der Waals surface area contributed by atoms with Crippen molar-refractivity contribution in [1.82, 2.24) is 16.0 Å². The molecule has 0 aliphatic heterocycles. The van der Waals surface area contributed by atoms with Crippen molar-refractivity contribution < 1.29 is 14.3 Å². The molecule has 2 amide bonds. The van der Waals surface area contributed by atoms with Gasteiger partial charge < -0.3 is 20.7 Å². The van der Waals surface area contributed by atoms with Gasteiger partial charge in [0.15, 0.2) is 0 Å². The minimum Gasteiger partial charge on any atom is -0.356 e. The molecule has 1 aliphatic rings. The van der Waals surface area contributed by atoms with Crippen molar-refractivity contribution in [2.24, 2.45) is 0 Å². The number of nitrogens with one attached hydrogen (secondary N) is 3. The highest BCUT2D eigenvalue weighted by Crippen LogP contribution is 2.10. The average Bonchev–Trinajstić information content (AvgIpc) is 2.53. The quantitative estimate of drug-likeness (QED) is 0.519. The molecule has 6 heteroatoms. The van der Waals surface area contributed by atoms with Gasteiger partial charge in [-0.15, -0.1) is 5.92 Å². The third-order valence-electron chi connectivity index (χ3n) is 4.37. The van der Waals surface area contributed by atoms with Gasteiger partial charge in [-0.1, -0.05) is 12.3 Å². The van der Waals surface area contributed by atoms with Crippen LogP contribution in [0.4, 0.5) is 0 Å². The van der Waals surface area contributed by atoms with Gasteiger partial charge in [-0.25, -0.2) is 0 Å². The lowest BCUT2D eigenvalue weighted by molar-refractivity contribution is -0.127. The van der Waals surface area contributed by atoms with Crippen LogP contribution in [0.5, 0.6) is 0 Å². The van der Waals surface area contributed by atoms with E-state index in [1.54, 1.807) is 0 Å². The fourth-order valence-electron chi connectivity index (χ4n) is 2.37. The summed E-state index contributed by atoms with van der Waals surface area (Å²) in [5.41, 5.74) is -0.00125. The number of amides is 2. The van der Waals surface area contributed by atoms with E-state index in [2.05, 4.69) is 41.6 Å². The third-order valence-corrected chi connectivity index (χ3v) is 4.37. The second-order valence-corrected chi connectivity index (χ2v) is 7.05. The molecule has 0 heterocycles. The summed E-state index contributed by atoms with van der Waals surface area (Å²) in [6.45, 7) is 5.10. The smallest absolute Gasteiger partial charge is 0.246 e. The highest BCUT2D eigenvalue weighted by Gasteiger charge is 2.14. The Kier molecular flexibility index (Phi) is 10.2. The Morgan fingerprint density at radius 1 is 1.12 bits per heavy atom. The SMILES string of the molecule is CNC(C)(C)CCNC(=O)CCNC(=O)COC1C#CCCCCC1. The van der Waals surface area contributed by atoms with Crippen LogP contribution in [0, 0.1) is 11.8 Å². The number of rotatable bonds is 10. The Morgan fingerprint density at radius 3 is 2.64 bits per heavy atom. The van der Waals surface area contributed by atoms with Crippen LogP contribution in [-0.4, -0.2) is 50.2 Å². The molecule has 0 fully saturated rings. The Morgan fingerprint density at radius 2 is 1.88 bits per heavy atom. The summed E-state index contributed by atoms with van der Waals surface area (Å²) in [5.74, 6) is 5.90. The summed E-state index contributed by atoms with van der Waals surface area (Å²) < 4.78 is 5.56. The van der Waals surface area contributed by atoms with Gasteiger partial charge in [0, 0.05) is 31.5 Å². The summed E-state index contributed by atoms with van der Waals surface area (Å²) in [4.78, 5) is 23.5.